The zero-order valence-electron chi connectivity index (χ0n) is 10.9. The normalized spacial score (nSPS) is 17.9. The Kier molecular flexibility index (Phi) is 3.08. The molecule has 2 nitrogen and oxygen atoms in total. The van der Waals surface area contributed by atoms with Crippen molar-refractivity contribution in [3.05, 3.63) is 65.2 Å². The van der Waals surface area contributed by atoms with Crippen molar-refractivity contribution in [3.8, 4) is 5.75 Å². The largest absolute Gasteiger partial charge is 0.497 e. The van der Waals surface area contributed by atoms with E-state index in [1.165, 1.54) is 5.56 Å². The fraction of sp³-hybridized carbons (Fsp3) is 0.235. The summed E-state index contributed by atoms with van der Waals surface area (Å²) in [6, 6.07) is 15.8. The van der Waals surface area contributed by atoms with Crippen molar-refractivity contribution in [2.24, 2.45) is 0 Å². The molecule has 0 bridgehead atoms. The number of ketones is 1. The Labute approximate surface area is 113 Å². The summed E-state index contributed by atoms with van der Waals surface area (Å²) in [5.41, 5.74) is 3.15. The van der Waals surface area contributed by atoms with Gasteiger partial charge >= 0.3 is 0 Å². The Balaban J connectivity index is 1.93. The van der Waals surface area contributed by atoms with Gasteiger partial charge in [-0.25, -0.2) is 0 Å². The maximum absolute atomic E-state index is 12.5. The predicted octanol–water partition coefficient (Wildman–Crippen LogP) is 3.61. The minimum absolute atomic E-state index is 0.0131. The van der Waals surface area contributed by atoms with Gasteiger partial charge in [-0.2, -0.15) is 0 Å². The number of hydrogen-bond acceptors (Lipinski definition) is 2. The van der Waals surface area contributed by atoms with E-state index in [9.17, 15) is 4.79 Å². The van der Waals surface area contributed by atoms with Crippen molar-refractivity contribution in [2.45, 2.75) is 18.8 Å². The smallest absolute Gasteiger partial charge is 0.170 e. The summed E-state index contributed by atoms with van der Waals surface area (Å²) in [7, 11) is 1.65. The molecule has 0 radical (unpaired) electrons. The SMILES string of the molecule is COc1ccc(C2CCc3ccccc3C2=O)cc1. The monoisotopic (exact) mass is 252 g/mol. The summed E-state index contributed by atoms with van der Waals surface area (Å²) in [5.74, 6) is 1.06. The van der Waals surface area contributed by atoms with Gasteiger partial charge in [-0.3, -0.25) is 4.79 Å². The lowest BCUT2D eigenvalue weighted by molar-refractivity contribution is 0.0946. The first-order valence-corrected chi connectivity index (χ1v) is 6.55. The average molecular weight is 252 g/mol. The second-order valence-corrected chi connectivity index (χ2v) is 4.89. The topological polar surface area (TPSA) is 26.3 Å². The van der Waals surface area contributed by atoms with E-state index in [0.29, 0.717) is 0 Å². The number of carbonyl (C=O) groups is 1. The lowest BCUT2D eigenvalue weighted by Gasteiger charge is -2.23. The molecule has 1 aliphatic rings. The van der Waals surface area contributed by atoms with Crippen LogP contribution >= 0.6 is 0 Å². The van der Waals surface area contributed by atoms with E-state index in [4.69, 9.17) is 4.74 Å². The van der Waals surface area contributed by atoms with Crippen molar-refractivity contribution in [1.29, 1.82) is 0 Å². The molecule has 19 heavy (non-hydrogen) atoms. The molecule has 0 amide bonds. The standard InChI is InChI=1S/C17H16O2/c1-19-14-9-6-13(7-10-14)16-11-8-12-4-2-3-5-15(12)17(16)18/h2-7,9-10,16H,8,11H2,1H3. The number of hydrogen-bond donors (Lipinski definition) is 0. The quantitative estimate of drug-likeness (QED) is 0.816. The minimum Gasteiger partial charge on any atom is -0.497 e. The van der Waals surface area contributed by atoms with Gasteiger partial charge in [0.2, 0.25) is 0 Å². The minimum atomic E-state index is -0.0131. The summed E-state index contributed by atoms with van der Waals surface area (Å²) in [6.45, 7) is 0. The van der Waals surface area contributed by atoms with Crippen LogP contribution in [0.15, 0.2) is 48.5 Å². The molecule has 1 aliphatic carbocycles. The maximum Gasteiger partial charge on any atom is 0.170 e. The highest BCUT2D eigenvalue weighted by atomic mass is 16.5. The number of fused-ring (bicyclic) bond motifs is 1. The molecule has 0 aliphatic heterocycles. The number of aryl methyl sites for hydroxylation is 1. The van der Waals surface area contributed by atoms with Crippen LogP contribution in [0, 0.1) is 0 Å². The summed E-state index contributed by atoms with van der Waals surface area (Å²) < 4.78 is 5.15. The first-order valence-electron chi connectivity index (χ1n) is 6.55. The van der Waals surface area contributed by atoms with Gasteiger partial charge < -0.3 is 4.74 Å². The Morgan fingerprint density at radius 3 is 2.53 bits per heavy atom. The van der Waals surface area contributed by atoms with Gasteiger partial charge in [0.05, 0.1) is 7.11 Å². The van der Waals surface area contributed by atoms with E-state index in [0.717, 1.165) is 29.7 Å². The number of Topliss-reactive ketones (excluding diaryl/α,β-unsaturated/α-hetero) is 1. The molecule has 1 atom stereocenters. The number of methoxy groups -OCH3 is 1. The Hall–Kier alpha value is -2.09. The average Bonchev–Trinajstić information content (AvgIpc) is 2.48. The molecule has 2 aromatic carbocycles. The molecule has 96 valence electrons. The highest BCUT2D eigenvalue weighted by Crippen LogP contribution is 2.33. The van der Waals surface area contributed by atoms with Crippen LogP contribution in [0.2, 0.25) is 0 Å². The molecule has 0 spiro atoms. The van der Waals surface area contributed by atoms with Gasteiger partial charge in [-0.05, 0) is 36.1 Å². The number of benzene rings is 2. The van der Waals surface area contributed by atoms with E-state index in [2.05, 4.69) is 6.07 Å². The van der Waals surface area contributed by atoms with Crippen LogP contribution < -0.4 is 4.74 Å². The first kappa shape index (κ1) is 12.0. The third kappa shape index (κ3) is 2.14. The van der Waals surface area contributed by atoms with Crippen LogP contribution in [0.1, 0.15) is 33.8 Å². The van der Waals surface area contributed by atoms with Crippen molar-refractivity contribution in [3.63, 3.8) is 0 Å². The zero-order valence-corrected chi connectivity index (χ0v) is 10.9. The molecule has 0 saturated heterocycles. The number of rotatable bonds is 2. The Morgan fingerprint density at radius 1 is 1.05 bits per heavy atom. The molecule has 0 fully saturated rings. The van der Waals surface area contributed by atoms with Gasteiger partial charge in [0.25, 0.3) is 0 Å². The fourth-order valence-electron chi connectivity index (χ4n) is 2.75. The molecule has 3 rings (SSSR count). The van der Waals surface area contributed by atoms with E-state index >= 15 is 0 Å². The van der Waals surface area contributed by atoms with Crippen LogP contribution in [-0.4, -0.2) is 12.9 Å². The highest BCUT2D eigenvalue weighted by Gasteiger charge is 2.28. The van der Waals surface area contributed by atoms with E-state index in [1.54, 1.807) is 7.11 Å². The molecule has 1 unspecified atom stereocenters. The Morgan fingerprint density at radius 2 is 1.79 bits per heavy atom. The summed E-state index contributed by atoms with van der Waals surface area (Å²) in [6.07, 6.45) is 1.86. The molecular weight excluding hydrogens is 236 g/mol. The van der Waals surface area contributed by atoms with Crippen LogP contribution in [0.5, 0.6) is 5.75 Å². The van der Waals surface area contributed by atoms with Crippen molar-refractivity contribution in [2.75, 3.05) is 7.11 Å². The van der Waals surface area contributed by atoms with Gasteiger partial charge in [0, 0.05) is 11.5 Å². The second-order valence-electron chi connectivity index (χ2n) is 4.89. The van der Waals surface area contributed by atoms with Gasteiger partial charge in [-0.15, -0.1) is 0 Å². The molecule has 0 N–H and O–H groups in total. The number of ether oxygens (including phenoxy) is 1. The van der Waals surface area contributed by atoms with E-state index in [1.807, 2.05) is 42.5 Å². The molecule has 0 aromatic heterocycles. The van der Waals surface area contributed by atoms with Crippen molar-refractivity contribution < 1.29 is 9.53 Å². The van der Waals surface area contributed by atoms with E-state index in [-0.39, 0.29) is 11.7 Å². The lowest BCUT2D eigenvalue weighted by Crippen LogP contribution is -2.20. The Bertz CT molecular complexity index is 599. The molecular formula is C17H16O2. The third-order valence-electron chi connectivity index (χ3n) is 3.82. The lowest BCUT2D eigenvalue weighted by atomic mass is 9.79. The van der Waals surface area contributed by atoms with Gasteiger partial charge in [0.15, 0.2) is 5.78 Å². The van der Waals surface area contributed by atoms with Crippen molar-refractivity contribution >= 4 is 5.78 Å². The maximum atomic E-state index is 12.5. The molecule has 2 aromatic rings. The highest BCUT2D eigenvalue weighted by molar-refractivity contribution is 6.03. The summed E-state index contributed by atoms with van der Waals surface area (Å²) in [5, 5.41) is 0. The predicted molar refractivity (Wildman–Crippen MR) is 74.8 cm³/mol. The zero-order chi connectivity index (χ0) is 13.2. The summed E-state index contributed by atoms with van der Waals surface area (Å²) >= 11 is 0. The van der Waals surface area contributed by atoms with Gasteiger partial charge in [-0.1, -0.05) is 36.4 Å². The van der Waals surface area contributed by atoms with E-state index < -0.39 is 0 Å². The summed E-state index contributed by atoms with van der Waals surface area (Å²) in [4.78, 5) is 12.5. The van der Waals surface area contributed by atoms with Crippen LogP contribution in [0.4, 0.5) is 0 Å². The van der Waals surface area contributed by atoms with Crippen molar-refractivity contribution in [1.82, 2.24) is 0 Å². The third-order valence-corrected chi connectivity index (χ3v) is 3.82. The molecule has 0 saturated carbocycles. The molecule has 2 heteroatoms. The fourth-order valence-corrected chi connectivity index (χ4v) is 2.75. The van der Waals surface area contributed by atoms with Crippen LogP contribution in [0.3, 0.4) is 0 Å². The molecule has 0 heterocycles. The first-order chi connectivity index (χ1) is 9.29. The van der Waals surface area contributed by atoms with Crippen LogP contribution in [0.25, 0.3) is 0 Å². The second kappa shape index (κ2) is 4.88. The number of carbonyl (C=O) groups excluding carboxylic acids is 1. The van der Waals surface area contributed by atoms with Gasteiger partial charge in [0.1, 0.15) is 5.75 Å². The van der Waals surface area contributed by atoms with Crippen LogP contribution in [-0.2, 0) is 6.42 Å².